The van der Waals surface area contributed by atoms with E-state index < -0.39 is 11.4 Å². The van der Waals surface area contributed by atoms with Crippen LogP contribution in [0, 0.1) is 22.2 Å². The van der Waals surface area contributed by atoms with Crippen LogP contribution in [0.2, 0.25) is 0 Å². The molecule has 21 heavy (non-hydrogen) atoms. The van der Waals surface area contributed by atoms with Gasteiger partial charge in [-0.1, -0.05) is 44.7 Å². The zero-order valence-electron chi connectivity index (χ0n) is 13.7. The molecular formula is C16H29Br2NO2. The van der Waals surface area contributed by atoms with Crippen molar-refractivity contribution >= 4 is 37.8 Å². The van der Waals surface area contributed by atoms with Gasteiger partial charge in [0, 0.05) is 10.7 Å². The van der Waals surface area contributed by atoms with Gasteiger partial charge in [-0.25, -0.2) is 0 Å². The molecule has 0 saturated heterocycles. The molecule has 0 unspecified atom stereocenters. The number of nitrogens with zero attached hydrogens (tertiary/aromatic N) is 1. The lowest BCUT2D eigenvalue weighted by Gasteiger charge is -2.17. The van der Waals surface area contributed by atoms with Crippen molar-refractivity contribution in [1.29, 1.82) is 5.26 Å². The molecule has 0 heterocycles. The fourth-order valence-electron chi connectivity index (χ4n) is 1.49. The monoisotopic (exact) mass is 425 g/mol. The predicted octanol–water partition coefficient (Wildman–Crippen LogP) is 5.76. The summed E-state index contributed by atoms with van der Waals surface area (Å²) < 4.78 is 0. The van der Waals surface area contributed by atoms with E-state index in [0.717, 1.165) is 42.8 Å². The Hall–Kier alpha value is -0.0800. The molecule has 5 heteroatoms. The molecule has 0 bridgehead atoms. The second-order valence-corrected chi connectivity index (χ2v) is 8.06. The first-order valence-electron chi connectivity index (χ1n) is 7.39. The Morgan fingerprint density at radius 2 is 1.43 bits per heavy atom. The van der Waals surface area contributed by atoms with E-state index in [1.807, 2.05) is 13.8 Å². The second-order valence-electron chi connectivity index (χ2n) is 6.48. The Kier molecular flexibility index (Phi) is 13.8. The van der Waals surface area contributed by atoms with E-state index in [4.69, 9.17) is 10.4 Å². The first-order chi connectivity index (χ1) is 9.63. The molecule has 0 spiro atoms. The smallest absolute Gasteiger partial charge is 0.309 e. The van der Waals surface area contributed by atoms with Crippen LogP contribution in [0.4, 0.5) is 0 Å². The summed E-state index contributed by atoms with van der Waals surface area (Å²) >= 11 is 6.66. The Bertz CT molecular complexity index is 323. The van der Waals surface area contributed by atoms with Gasteiger partial charge in [0.1, 0.15) is 0 Å². The van der Waals surface area contributed by atoms with Gasteiger partial charge in [-0.05, 0) is 53.4 Å². The summed E-state index contributed by atoms with van der Waals surface area (Å²) in [6.45, 7) is 7.51. The molecule has 0 fully saturated rings. The highest BCUT2D eigenvalue weighted by molar-refractivity contribution is 9.09. The first kappa shape index (κ1) is 23.2. The molecule has 0 aromatic carbocycles. The number of nitriles is 1. The van der Waals surface area contributed by atoms with Crippen molar-refractivity contribution in [2.45, 2.75) is 66.2 Å². The largest absolute Gasteiger partial charge is 0.481 e. The fourth-order valence-corrected chi connectivity index (χ4v) is 2.28. The van der Waals surface area contributed by atoms with E-state index in [-0.39, 0.29) is 5.41 Å². The van der Waals surface area contributed by atoms with Gasteiger partial charge in [-0.15, -0.1) is 0 Å². The summed E-state index contributed by atoms with van der Waals surface area (Å²) in [6, 6.07) is 2.28. The minimum atomic E-state index is -0.702. The first-order valence-corrected chi connectivity index (χ1v) is 9.64. The maximum absolute atomic E-state index is 10.6. The molecule has 0 saturated carbocycles. The highest BCUT2D eigenvalue weighted by Gasteiger charge is 2.25. The van der Waals surface area contributed by atoms with Gasteiger partial charge >= 0.3 is 5.97 Å². The highest BCUT2D eigenvalue weighted by Crippen LogP contribution is 2.23. The maximum Gasteiger partial charge on any atom is 0.309 e. The quantitative estimate of drug-likeness (QED) is 0.376. The van der Waals surface area contributed by atoms with Gasteiger partial charge in [0.05, 0.1) is 16.9 Å². The topological polar surface area (TPSA) is 61.1 Å². The van der Waals surface area contributed by atoms with Crippen molar-refractivity contribution in [2.24, 2.45) is 10.8 Å². The average molecular weight is 427 g/mol. The van der Waals surface area contributed by atoms with Crippen LogP contribution >= 0.6 is 31.9 Å². The maximum atomic E-state index is 10.6. The van der Waals surface area contributed by atoms with Gasteiger partial charge in [0.25, 0.3) is 0 Å². The lowest BCUT2D eigenvalue weighted by molar-refractivity contribution is -0.147. The molecule has 124 valence electrons. The van der Waals surface area contributed by atoms with Gasteiger partial charge in [0.2, 0.25) is 0 Å². The zero-order chi connectivity index (χ0) is 16.9. The van der Waals surface area contributed by atoms with Crippen molar-refractivity contribution in [1.82, 2.24) is 0 Å². The molecule has 0 amide bonds. The molecule has 0 aliphatic carbocycles. The van der Waals surface area contributed by atoms with Gasteiger partial charge < -0.3 is 5.11 Å². The summed E-state index contributed by atoms with van der Waals surface area (Å²) in [4.78, 5) is 10.6. The van der Waals surface area contributed by atoms with E-state index >= 15 is 0 Å². The minimum absolute atomic E-state index is 0.123. The van der Waals surface area contributed by atoms with Crippen LogP contribution in [0.1, 0.15) is 66.2 Å². The Balaban J connectivity index is 0. The molecule has 3 nitrogen and oxygen atoms in total. The number of carbonyl (C=O) groups is 1. The number of alkyl halides is 2. The molecule has 0 aromatic heterocycles. The van der Waals surface area contributed by atoms with Gasteiger partial charge in [-0.3, -0.25) is 4.79 Å². The summed E-state index contributed by atoms with van der Waals surface area (Å²) in [7, 11) is 0. The highest BCUT2D eigenvalue weighted by atomic mass is 79.9. The van der Waals surface area contributed by atoms with E-state index in [1.165, 1.54) is 6.42 Å². The molecular weight excluding hydrogens is 398 g/mol. The molecule has 0 rings (SSSR count). The number of unbranched alkanes of at least 4 members (excludes halogenated alkanes) is 2. The molecule has 0 radical (unpaired) electrons. The lowest BCUT2D eigenvalue weighted by Crippen LogP contribution is -2.23. The summed E-state index contributed by atoms with van der Waals surface area (Å²) in [6.07, 6.45) is 6.11. The molecule has 0 aliphatic rings. The molecule has 0 aromatic rings. The Morgan fingerprint density at radius 1 is 1.00 bits per heavy atom. The van der Waals surface area contributed by atoms with E-state index in [9.17, 15) is 4.79 Å². The third kappa shape index (κ3) is 14.6. The normalized spacial score (nSPS) is 11.3. The number of carboxylic acid groups (broad SMARTS) is 1. The average Bonchev–Trinajstić information content (AvgIpc) is 2.39. The van der Waals surface area contributed by atoms with Crippen LogP contribution < -0.4 is 0 Å². The number of carboxylic acids is 1. The van der Waals surface area contributed by atoms with Crippen LogP contribution in [0.3, 0.4) is 0 Å². The van der Waals surface area contributed by atoms with Crippen LogP contribution in [-0.4, -0.2) is 21.7 Å². The van der Waals surface area contributed by atoms with Crippen molar-refractivity contribution in [3.63, 3.8) is 0 Å². The number of hydrogen-bond donors (Lipinski definition) is 1. The van der Waals surface area contributed by atoms with Gasteiger partial charge in [-0.2, -0.15) is 5.26 Å². The van der Waals surface area contributed by atoms with Crippen LogP contribution in [0.5, 0.6) is 0 Å². The van der Waals surface area contributed by atoms with Crippen molar-refractivity contribution in [2.75, 3.05) is 10.7 Å². The number of hydrogen-bond acceptors (Lipinski definition) is 2. The summed E-state index contributed by atoms with van der Waals surface area (Å²) in [5.74, 6) is -0.702. The van der Waals surface area contributed by atoms with Crippen molar-refractivity contribution in [3.05, 3.63) is 0 Å². The van der Waals surface area contributed by atoms with Crippen LogP contribution in [-0.2, 0) is 4.79 Å². The van der Waals surface area contributed by atoms with Crippen LogP contribution in [0.25, 0.3) is 0 Å². The van der Waals surface area contributed by atoms with E-state index in [0.29, 0.717) is 0 Å². The van der Waals surface area contributed by atoms with Crippen molar-refractivity contribution < 1.29 is 9.90 Å². The lowest BCUT2D eigenvalue weighted by atomic mass is 9.88. The fraction of sp³-hybridized carbons (Fsp3) is 0.875. The molecule has 1 N–H and O–H groups in total. The number of rotatable bonds is 9. The third-order valence-electron chi connectivity index (χ3n) is 3.25. The number of aliphatic carboxylic acids is 1. The van der Waals surface area contributed by atoms with Crippen LogP contribution in [0.15, 0.2) is 0 Å². The number of halogens is 2. The third-order valence-corrected chi connectivity index (χ3v) is 4.37. The summed E-state index contributed by atoms with van der Waals surface area (Å²) in [5, 5.41) is 19.4. The predicted molar refractivity (Wildman–Crippen MR) is 96.1 cm³/mol. The molecule has 0 aliphatic heterocycles. The standard InChI is InChI=1S/C8H14BrN.C8H15BrO2/c1-8(2,7-10)5-3-4-6-9;1-8(2,7(10)11)5-3-4-6-9/h3-6H2,1-2H3;3-6H2,1-2H3,(H,10,11). The zero-order valence-corrected chi connectivity index (χ0v) is 16.9. The Morgan fingerprint density at radius 3 is 1.76 bits per heavy atom. The van der Waals surface area contributed by atoms with Crippen molar-refractivity contribution in [3.8, 4) is 6.07 Å². The minimum Gasteiger partial charge on any atom is -0.481 e. The summed E-state index contributed by atoms with van der Waals surface area (Å²) in [5.41, 5.74) is -0.676. The molecule has 0 atom stereocenters. The Labute approximate surface area is 146 Å². The van der Waals surface area contributed by atoms with Gasteiger partial charge in [0.15, 0.2) is 0 Å². The van der Waals surface area contributed by atoms with E-state index in [2.05, 4.69) is 37.9 Å². The second kappa shape index (κ2) is 12.5. The SMILES string of the molecule is CC(C)(C#N)CCCCBr.CC(C)(CCCCBr)C(=O)O. The van der Waals surface area contributed by atoms with E-state index in [1.54, 1.807) is 13.8 Å².